The summed E-state index contributed by atoms with van der Waals surface area (Å²) >= 11 is 13.3. The average molecular weight is 849 g/mol. The van der Waals surface area contributed by atoms with Crippen molar-refractivity contribution in [1.29, 1.82) is 0 Å². The van der Waals surface area contributed by atoms with Crippen LogP contribution in [-0.4, -0.2) is 114 Å². The Hall–Kier alpha value is -6.32. The van der Waals surface area contributed by atoms with E-state index in [0.717, 1.165) is 61.4 Å². The number of nitrogens with two attached hydrogens (primary N) is 1. The van der Waals surface area contributed by atoms with Crippen LogP contribution < -0.4 is 15.5 Å². The van der Waals surface area contributed by atoms with Crippen molar-refractivity contribution >= 4 is 74.4 Å². The summed E-state index contributed by atoms with van der Waals surface area (Å²) in [5.74, 6) is 2.41. The Morgan fingerprint density at radius 2 is 1.03 bits per heavy atom. The van der Waals surface area contributed by atoms with Gasteiger partial charge in [-0.15, -0.1) is 0 Å². The number of fused-ring (bicyclic) bond motifs is 2. The quantitative estimate of drug-likeness (QED) is 0.176. The van der Waals surface area contributed by atoms with E-state index in [9.17, 15) is 9.59 Å². The number of amides is 2. The fourth-order valence-electron chi connectivity index (χ4n) is 7.06. The van der Waals surface area contributed by atoms with E-state index in [0.29, 0.717) is 73.9 Å². The van der Waals surface area contributed by atoms with Crippen molar-refractivity contribution in [2.75, 3.05) is 67.9 Å². The summed E-state index contributed by atoms with van der Waals surface area (Å²) in [6.45, 7) is 22.0. The number of halogens is 2. The van der Waals surface area contributed by atoms with Crippen molar-refractivity contribution in [3.05, 3.63) is 102 Å². The number of anilines is 3. The van der Waals surface area contributed by atoms with Crippen LogP contribution in [0.3, 0.4) is 0 Å². The highest BCUT2D eigenvalue weighted by molar-refractivity contribution is 6.35. The lowest BCUT2D eigenvalue weighted by Crippen LogP contribution is -2.48. The monoisotopic (exact) mass is 847 g/mol. The zero-order valence-electron chi connectivity index (χ0n) is 34.4. The summed E-state index contributed by atoms with van der Waals surface area (Å²) in [6, 6.07) is 7.62. The first-order valence-electron chi connectivity index (χ1n) is 19.6. The zero-order chi connectivity index (χ0) is 43.1. The van der Waals surface area contributed by atoms with Crippen LogP contribution in [0.25, 0.3) is 44.3 Å². The molecule has 8 rings (SSSR count). The molecule has 2 amide bonds. The van der Waals surface area contributed by atoms with Crippen molar-refractivity contribution in [3.8, 4) is 22.5 Å². The topological polar surface area (TPSA) is 176 Å². The fourth-order valence-corrected chi connectivity index (χ4v) is 7.57. The maximum absolute atomic E-state index is 11.8. The molecule has 15 nitrogen and oxygen atoms in total. The van der Waals surface area contributed by atoms with Gasteiger partial charge in [-0.1, -0.05) is 50.2 Å². The average Bonchev–Trinajstić information content (AvgIpc) is 3.27. The number of piperazine rings is 2. The summed E-state index contributed by atoms with van der Waals surface area (Å²) in [5.41, 5.74) is 12.2. The summed E-state index contributed by atoms with van der Waals surface area (Å²) < 4.78 is 0. The summed E-state index contributed by atoms with van der Waals surface area (Å²) in [4.78, 5) is 66.5. The molecule has 6 heterocycles. The largest absolute Gasteiger partial charge is 0.368 e. The molecule has 2 aliphatic heterocycles. The van der Waals surface area contributed by atoms with Crippen molar-refractivity contribution in [1.82, 2.24) is 49.7 Å². The molecule has 310 valence electrons. The minimum absolute atomic E-state index is 0.0413. The Bertz CT molecular complexity index is 2390. The van der Waals surface area contributed by atoms with Crippen molar-refractivity contribution in [3.63, 3.8) is 0 Å². The highest BCUT2D eigenvalue weighted by Gasteiger charge is 2.25. The van der Waals surface area contributed by atoms with E-state index in [4.69, 9.17) is 28.9 Å². The maximum Gasteiger partial charge on any atom is 0.246 e. The summed E-state index contributed by atoms with van der Waals surface area (Å²) in [5, 5.41) is 2.86. The Kier molecular flexibility index (Phi) is 13.8. The van der Waals surface area contributed by atoms with Gasteiger partial charge in [0.1, 0.15) is 30.1 Å². The van der Waals surface area contributed by atoms with E-state index in [1.54, 1.807) is 28.5 Å². The van der Waals surface area contributed by atoms with Crippen LogP contribution in [0.5, 0.6) is 0 Å². The third-order valence-electron chi connectivity index (χ3n) is 10.1. The van der Waals surface area contributed by atoms with Crippen LogP contribution >= 0.6 is 23.2 Å². The van der Waals surface area contributed by atoms with Gasteiger partial charge in [0.2, 0.25) is 17.8 Å². The first-order valence-corrected chi connectivity index (χ1v) is 20.3. The fraction of sp³-hybridized carbons (Fsp3) is 0.302. The van der Waals surface area contributed by atoms with Crippen molar-refractivity contribution < 1.29 is 9.59 Å². The number of nitrogens with zero attached hydrogens (tertiary/aromatic N) is 12. The van der Waals surface area contributed by atoms with Crippen LogP contribution in [0.2, 0.25) is 10.0 Å². The van der Waals surface area contributed by atoms with Gasteiger partial charge in [0.25, 0.3) is 0 Å². The van der Waals surface area contributed by atoms with Crippen molar-refractivity contribution in [2.45, 2.75) is 34.6 Å². The van der Waals surface area contributed by atoms with Gasteiger partial charge in [-0.2, -0.15) is 0 Å². The first-order chi connectivity index (χ1) is 28.9. The second-order valence-electron chi connectivity index (χ2n) is 13.8. The van der Waals surface area contributed by atoms with E-state index in [1.807, 2.05) is 58.9 Å². The molecule has 0 saturated carbocycles. The molecule has 6 aromatic rings. The van der Waals surface area contributed by atoms with Gasteiger partial charge < -0.3 is 25.3 Å². The molecule has 2 fully saturated rings. The van der Waals surface area contributed by atoms with Gasteiger partial charge in [-0.25, -0.2) is 39.9 Å². The third kappa shape index (κ3) is 9.27. The third-order valence-corrected chi connectivity index (χ3v) is 10.8. The number of aryl methyl sites for hydroxylation is 3. The number of carbonyl (C=O) groups is 2. The lowest BCUT2D eigenvalue weighted by Gasteiger charge is -2.35. The molecule has 0 aliphatic carbocycles. The van der Waals surface area contributed by atoms with E-state index in [2.05, 4.69) is 62.8 Å². The van der Waals surface area contributed by atoms with E-state index in [1.165, 1.54) is 18.5 Å². The van der Waals surface area contributed by atoms with Crippen LogP contribution in [0.1, 0.15) is 30.8 Å². The molecule has 60 heavy (non-hydrogen) atoms. The lowest BCUT2D eigenvalue weighted by atomic mass is 10.0. The molecule has 0 spiro atoms. The molecule has 0 atom stereocenters. The van der Waals surface area contributed by atoms with Crippen LogP contribution in [0.15, 0.2) is 74.6 Å². The molecule has 2 saturated heterocycles. The number of aromatic nitrogens is 8. The standard InChI is InChI=1S/C21H21ClN6O.C20H20ClN7O.C2H6/c1-4-19(29)27-5-7-28(8-6-27)21-16-9-17(22)15(10-18(16)24-12-25-21)20-13(2)11-23-14(3)26-20;1-3-17(29)27-4-6-28(7-5-27)19-14-8-15(21)13(9-16(14)24-11-25-19)18-12(2)10-23-20(22)26-18;1-2/h4,9-12H,1,5-8H2,2-3H3;3,8-11H,1,4-7H2,2H3,(H2,22,23,26);1-2H3. The second-order valence-corrected chi connectivity index (χ2v) is 14.6. The second kappa shape index (κ2) is 19.2. The predicted molar refractivity (Wildman–Crippen MR) is 239 cm³/mol. The molecule has 0 unspecified atom stereocenters. The highest BCUT2D eigenvalue weighted by Crippen LogP contribution is 2.37. The Morgan fingerprint density at radius 3 is 1.47 bits per heavy atom. The maximum atomic E-state index is 11.8. The molecule has 17 heteroatoms. The number of rotatable bonds is 6. The van der Waals surface area contributed by atoms with E-state index >= 15 is 0 Å². The zero-order valence-corrected chi connectivity index (χ0v) is 35.9. The SMILES string of the molecule is C=CC(=O)N1CCN(c2ncnc3cc(-c4nc(C)ncc4C)c(Cl)cc23)CC1.C=CC(=O)N1CCN(c2ncnc3cc(-c4nc(N)ncc4C)c(Cl)cc23)CC1.CC. The molecule has 2 aliphatic rings. The Balaban J connectivity index is 0.000000193. The lowest BCUT2D eigenvalue weighted by molar-refractivity contribution is -0.127. The normalized spacial score (nSPS) is 13.9. The summed E-state index contributed by atoms with van der Waals surface area (Å²) in [7, 11) is 0. The van der Waals surface area contributed by atoms with E-state index in [-0.39, 0.29) is 17.8 Å². The minimum Gasteiger partial charge on any atom is -0.368 e. The molecule has 2 N–H and O–H groups in total. The number of carbonyl (C=O) groups excluding carboxylic acids is 2. The molecule has 4 aromatic heterocycles. The van der Waals surface area contributed by atoms with Crippen LogP contribution in [0, 0.1) is 20.8 Å². The Labute approximate surface area is 359 Å². The number of benzene rings is 2. The van der Waals surface area contributed by atoms with Gasteiger partial charge in [0, 0.05) is 86.7 Å². The molecular weight excluding hydrogens is 801 g/mol. The first kappa shape index (κ1) is 43.3. The Morgan fingerprint density at radius 1 is 0.617 bits per heavy atom. The molecule has 0 bridgehead atoms. The number of nitrogen functional groups attached to an aromatic ring is 1. The van der Waals surface area contributed by atoms with Gasteiger partial charge in [0.05, 0.1) is 32.5 Å². The van der Waals surface area contributed by atoms with Gasteiger partial charge >= 0.3 is 0 Å². The minimum atomic E-state index is -0.0515. The highest BCUT2D eigenvalue weighted by atomic mass is 35.5. The smallest absolute Gasteiger partial charge is 0.246 e. The van der Waals surface area contributed by atoms with Crippen LogP contribution in [0.4, 0.5) is 17.6 Å². The van der Waals surface area contributed by atoms with Crippen molar-refractivity contribution in [2.24, 2.45) is 0 Å². The number of hydrogen-bond donors (Lipinski definition) is 1. The van der Waals surface area contributed by atoms with Crippen LogP contribution in [-0.2, 0) is 9.59 Å². The van der Waals surface area contributed by atoms with Gasteiger partial charge in [-0.05, 0) is 68.3 Å². The molecule has 0 radical (unpaired) electrons. The molecule has 2 aromatic carbocycles. The van der Waals surface area contributed by atoms with Gasteiger partial charge in [0.15, 0.2) is 0 Å². The molecular formula is C43H47Cl2N13O2. The summed E-state index contributed by atoms with van der Waals surface area (Å²) in [6.07, 6.45) is 9.28. The predicted octanol–water partition coefficient (Wildman–Crippen LogP) is 6.68. The van der Waals surface area contributed by atoms with Gasteiger partial charge in [-0.3, -0.25) is 9.59 Å². The van der Waals surface area contributed by atoms with E-state index < -0.39 is 0 Å². The number of hydrogen-bond acceptors (Lipinski definition) is 13.